The molecule has 10 aromatic rings. The minimum absolute atomic E-state index is 0.761. The van der Waals surface area contributed by atoms with Crippen LogP contribution in [0.5, 0.6) is 0 Å². The summed E-state index contributed by atoms with van der Waals surface area (Å²) in [6.45, 7) is 0. The summed E-state index contributed by atoms with van der Waals surface area (Å²) in [5.74, 6) is 1.57. The lowest BCUT2D eigenvalue weighted by Crippen LogP contribution is -2.08. The highest BCUT2D eigenvalue weighted by Gasteiger charge is 2.27. The highest BCUT2D eigenvalue weighted by atomic mass is 32.1. The van der Waals surface area contributed by atoms with Gasteiger partial charge in [-0.25, -0.2) is 4.98 Å². The van der Waals surface area contributed by atoms with Crippen LogP contribution in [-0.4, -0.2) is 23.5 Å². The molecule has 7 aromatic carbocycles. The molecule has 0 saturated heterocycles. The summed E-state index contributed by atoms with van der Waals surface area (Å²) < 4.78 is 8.98. The number of aromatic nitrogens is 5. The molecule has 5 nitrogen and oxygen atoms in total. The van der Waals surface area contributed by atoms with Gasteiger partial charge in [-0.3, -0.25) is 9.13 Å². The van der Waals surface area contributed by atoms with Gasteiger partial charge in [0.05, 0.1) is 17.2 Å². The zero-order valence-corrected chi connectivity index (χ0v) is 29.4. The minimum Gasteiger partial charge on any atom is -0.275 e. The minimum atomic E-state index is 0.761. The van der Waals surface area contributed by atoms with Gasteiger partial charge in [-0.1, -0.05) is 158 Å². The Morgan fingerprint density at radius 1 is 0.396 bits per heavy atom. The molecule has 0 atom stereocenters. The van der Waals surface area contributed by atoms with Gasteiger partial charge in [0, 0.05) is 11.3 Å². The first-order chi connectivity index (χ1) is 26.3. The standard InChI is InChI=1S/C47H31N5S/c1-4-17-32(18-5-1)35-23-10-12-25-37(35)39-27-16-28-40(38-26-13-11-24-36(38)33-19-6-2-7-20-33)44(39)45-49-41-29-14-15-30-42(41)52(45)47-50-46-43(31-48-53-46)51(47)34-21-8-3-9-22-34/h1-31H. The van der Waals surface area contributed by atoms with Crippen LogP contribution >= 0.6 is 11.5 Å². The Kier molecular flexibility index (Phi) is 7.59. The molecule has 10 rings (SSSR count). The number of fused-ring (bicyclic) bond motifs is 2. The molecule has 0 aliphatic carbocycles. The average Bonchev–Trinajstić information content (AvgIpc) is 3.95. The predicted molar refractivity (Wildman–Crippen MR) is 219 cm³/mol. The quantitative estimate of drug-likeness (QED) is 0.167. The van der Waals surface area contributed by atoms with Crippen LogP contribution in [0.3, 0.4) is 0 Å². The van der Waals surface area contributed by atoms with Crippen LogP contribution in [0, 0.1) is 0 Å². The maximum atomic E-state index is 5.52. The number of rotatable bonds is 7. The number of para-hydroxylation sites is 3. The summed E-state index contributed by atoms with van der Waals surface area (Å²) in [6.07, 6.45) is 1.91. The highest BCUT2D eigenvalue weighted by Crippen LogP contribution is 2.46. The van der Waals surface area contributed by atoms with Crippen LogP contribution in [0.25, 0.3) is 88.9 Å². The molecule has 0 N–H and O–H groups in total. The molecule has 6 heteroatoms. The predicted octanol–water partition coefficient (Wildman–Crippen LogP) is 12.2. The fourth-order valence-electron chi connectivity index (χ4n) is 7.50. The molecule has 250 valence electrons. The lowest BCUT2D eigenvalue weighted by molar-refractivity contribution is 0.929. The molecule has 3 heterocycles. The third-order valence-electron chi connectivity index (χ3n) is 9.84. The molecule has 53 heavy (non-hydrogen) atoms. The van der Waals surface area contributed by atoms with Gasteiger partial charge in [-0.2, -0.15) is 9.36 Å². The van der Waals surface area contributed by atoms with Crippen molar-refractivity contribution in [3.05, 3.63) is 188 Å². The summed E-state index contributed by atoms with van der Waals surface area (Å²) >= 11 is 1.40. The van der Waals surface area contributed by atoms with E-state index >= 15 is 0 Å². The van der Waals surface area contributed by atoms with E-state index in [4.69, 9.17) is 9.97 Å². The van der Waals surface area contributed by atoms with E-state index in [2.05, 4.69) is 189 Å². The first-order valence-electron chi connectivity index (χ1n) is 17.6. The molecule has 3 aromatic heterocycles. The number of imidazole rings is 2. The van der Waals surface area contributed by atoms with Gasteiger partial charge in [0.2, 0.25) is 5.95 Å². The fraction of sp³-hybridized carbons (Fsp3) is 0. The van der Waals surface area contributed by atoms with Crippen LogP contribution in [0.2, 0.25) is 0 Å². The van der Waals surface area contributed by atoms with E-state index in [1.165, 1.54) is 11.5 Å². The molecule has 0 radical (unpaired) electrons. The van der Waals surface area contributed by atoms with Crippen molar-refractivity contribution in [1.82, 2.24) is 23.5 Å². The van der Waals surface area contributed by atoms with Crippen molar-refractivity contribution in [3.63, 3.8) is 0 Å². The van der Waals surface area contributed by atoms with Gasteiger partial charge in [-0.05, 0) is 80.3 Å². The van der Waals surface area contributed by atoms with Crippen molar-refractivity contribution in [3.8, 4) is 67.5 Å². The van der Waals surface area contributed by atoms with Gasteiger partial charge < -0.3 is 0 Å². The molecule has 0 aliphatic rings. The third-order valence-corrected chi connectivity index (χ3v) is 10.5. The number of hydrogen-bond acceptors (Lipinski definition) is 4. The Labute approximate surface area is 310 Å². The molecule has 0 fully saturated rings. The largest absolute Gasteiger partial charge is 0.275 e. The maximum Gasteiger partial charge on any atom is 0.222 e. The second kappa shape index (κ2) is 13.0. The summed E-state index contributed by atoms with van der Waals surface area (Å²) in [5.41, 5.74) is 13.9. The average molecular weight is 698 g/mol. The second-order valence-corrected chi connectivity index (χ2v) is 13.7. The highest BCUT2D eigenvalue weighted by molar-refractivity contribution is 7.12. The Bertz CT molecular complexity index is 2790. The lowest BCUT2D eigenvalue weighted by atomic mass is 9.85. The van der Waals surface area contributed by atoms with E-state index in [-0.39, 0.29) is 0 Å². The fourth-order valence-corrected chi connectivity index (χ4v) is 8.11. The molecule has 0 spiro atoms. The van der Waals surface area contributed by atoms with Crippen molar-refractivity contribution < 1.29 is 0 Å². The van der Waals surface area contributed by atoms with Crippen molar-refractivity contribution in [1.29, 1.82) is 0 Å². The van der Waals surface area contributed by atoms with Crippen LogP contribution in [0.4, 0.5) is 0 Å². The van der Waals surface area contributed by atoms with Crippen molar-refractivity contribution >= 4 is 32.9 Å². The Balaban J connectivity index is 1.35. The van der Waals surface area contributed by atoms with E-state index in [1.54, 1.807) is 0 Å². The molecule has 0 amide bonds. The Hall–Kier alpha value is -6.89. The van der Waals surface area contributed by atoms with Gasteiger partial charge >= 0.3 is 0 Å². The zero-order valence-electron chi connectivity index (χ0n) is 28.5. The van der Waals surface area contributed by atoms with Crippen LogP contribution < -0.4 is 0 Å². The first kappa shape index (κ1) is 30.9. The van der Waals surface area contributed by atoms with Crippen molar-refractivity contribution in [2.45, 2.75) is 0 Å². The summed E-state index contributed by atoms with van der Waals surface area (Å²) in [6, 6.07) is 64.0. The number of hydrogen-bond donors (Lipinski definition) is 0. The Morgan fingerprint density at radius 3 is 1.53 bits per heavy atom. The van der Waals surface area contributed by atoms with Crippen LogP contribution in [0.1, 0.15) is 0 Å². The van der Waals surface area contributed by atoms with Crippen LogP contribution in [0.15, 0.2) is 188 Å². The molecular formula is C47H31N5S. The van der Waals surface area contributed by atoms with Gasteiger partial charge in [0.15, 0.2) is 4.83 Å². The van der Waals surface area contributed by atoms with E-state index in [0.717, 1.165) is 88.9 Å². The maximum absolute atomic E-state index is 5.52. The summed E-state index contributed by atoms with van der Waals surface area (Å²) in [5, 5.41) is 0. The van der Waals surface area contributed by atoms with Gasteiger partial charge in [0.1, 0.15) is 11.3 Å². The number of nitrogens with zero attached hydrogens (tertiary/aromatic N) is 5. The second-order valence-electron chi connectivity index (χ2n) is 12.9. The van der Waals surface area contributed by atoms with E-state index in [1.807, 2.05) is 12.3 Å². The molecule has 0 aliphatic heterocycles. The molecule has 0 bridgehead atoms. The van der Waals surface area contributed by atoms with E-state index in [9.17, 15) is 0 Å². The van der Waals surface area contributed by atoms with Gasteiger partial charge in [-0.15, -0.1) is 0 Å². The topological polar surface area (TPSA) is 48.5 Å². The van der Waals surface area contributed by atoms with Crippen molar-refractivity contribution in [2.75, 3.05) is 0 Å². The lowest BCUT2D eigenvalue weighted by Gasteiger charge is -2.21. The molecule has 0 unspecified atom stereocenters. The number of benzene rings is 7. The summed E-state index contributed by atoms with van der Waals surface area (Å²) in [7, 11) is 0. The first-order valence-corrected chi connectivity index (χ1v) is 18.4. The SMILES string of the molecule is c1ccc(-c2ccccc2-c2cccc(-c3ccccc3-c3ccccc3)c2-c2nc3ccccc3n2-c2nc3sncc3n2-c2ccccc2)cc1. The van der Waals surface area contributed by atoms with Crippen LogP contribution in [-0.2, 0) is 0 Å². The molecular weight excluding hydrogens is 667 g/mol. The normalized spacial score (nSPS) is 11.4. The van der Waals surface area contributed by atoms with Gasteiger partial charge in [0.25, 0.3) is 0 Å². The zero-order chi connectivity index (χ0) is 35.1. The third kappa shape index (κ3) is 5.27. The molecule has 0 saturated carbocycles. The van der Waals surface area contributed by atoms with E-state index < -0.39 is 0 Å². The monoisotopic (exact) mass is 697 g/mol. The Morgan fingerprint density at radius 2 is 0.906 bits per heavy atom. The summed E-state index contributed by atoms with van der Waals surface area (Å²) in [4.78, 5) is 11.7. The smallest absolute Gasteiger partial charge is 0.222 e. The van der Waals surface area contributed by atoms with E-state index in [0.29, 0.717) is 0 Å². The van der Waals surface area contributed by atoms with Crippen molar-refractivity contribution in [2.24, 2.45) is 0 Å².